The van der Waals surface area contributed by atoms with Crippen LogP contribution in [0.25, 0.3) is 0 Å². The molecule has 0 aromatic heterocycles. The van der Waals surface area contributed by atoms with E-state index < -0.39 is 17.8 Å². The summed E-state index contributed by atoms with van der Waals surface area (Å²) in [5, 5.41) is 12.6. The van der Waals surface area contributed by atoms with Crippen molar-refractivity contribution in [2.75, 3.05) is 13.2 Å². The Morgan fingerprint density at radius 3 is 2.23 bits per heavy atom. The van der Waals surface area contributed by atoms with E-state index in [1.165, 1.54) is 37.8 Å². The number of nitrogens with one attached hydrogen (secondary N) is 1. The standard InChI is InChI=1S/C19H24F3NO3/c20-19(21,22)14-5-7-16(8-6-14)26-11-15(24)10-23-18(25)9-17(12-1-2-12)13-3-4-13/h5-8,12-13,15,17,24H,1-4,9-11H2,(H,23,25). The van der Waals surface area contributed by atoms with Gasteiger partial charge in [-0.2, -0.15) is 13.2 Å². The van der Waals surface area contributed by atoms with Gasteiger partial charge in [-0.15, -0.1) is 0 Å². The first-order valence-electron chi connectivity index (χ1n) is 9.07. The van der Waals surface area contributed by atoms with Crippen molar-refractivity contribution in [1.82, 2.24) is 5.32 Å². The molecule has 0 saturated heterocycles. The molecule has 0 aliphatic heterocycles. The van der Waals surface area contributed by atoms with Crippen molar-refractivity contribution in [3.8, 4) is 5.75 Å². The maximum absolute atomic E-state index is 12.5. The fourth-order valence-electron chi connectivity index (χ4n) is 3.28. The fourth-order valence-corrected chi connectivity index (χ4v) is 3.28. The largest absolute Gasteiger partial charge is 0.491 e. The predicted octanol–water partition coefficient (Wildman–Crippen LogP) is 3.39. The summed E-state index contributed by atoms with van der Waals surface area (Å²) in [6.07, 6.45) is 0.0938. The molecule has 0 radical (unpaired) electrons. The summed E-state index contributed by atoms with van der Waals surface area (Å²) >= 11 is 0. The molecule has 2 aliphatic carbocycles. The van der Waals surface area contributed by atoms with E-state index in [0.717, 1.165) is 12.1 Å². The molecule has 2 saturated carbocycles. The summed E-state index contributed by atoms with van der Waals surface area (Å²) in [6, 6.07) is 4.28. The highest BCUT2D eigenvalue weighted by molar-refractivity contribution is 5.76. The minimum absolute atomic E-state index is 0.0534. The Labute approximate surface area is 150 Å². The number of aliphatic hydroxyl groups is 1. The summed E-state index contributed by atoms with van der Waals surface area (Å²) in [5.41, 5.74) is -0.751. The number of hydrogen-bond acceptors (Lipinski definition) is 3. The van der Waals surface area contributed by atoms with E-state index in [0.29, 0.717) is 24.2 Å². The lowest BCUT2D eigenvalue weighted by Gasteiger charge is -2.17. The van der Waals surface area contributed by atoms with E-state index in [1.54, 1.807) is 0 Å². The summed E-state index contributed by atoms with van der Waals surface area (Å²) in [4.78, 5) is 12.1. The van der Waals surface area contributed by atoms with Crippen LogP contribution in [0.5, 0.6) is 5.75 Å². The van der Waals surface area contributed by atoms with Crippen molar-refractivity contribution in [3.63, 3.8) is 0 Å². The summed E-state index contributed by atoms with van der Waals surface area (Å²) in [5.74, 6) is 2.06. The smallest absolute Gasteiger partial charge is 0.416 e. The van der Waals surface area contributed by atoms with Gasteiger partial charge in [-0.3, -0.25) is 4.79 Å². The number of carbonyl (C=O) groups excluding carboxylic acids is 1. The molecule has 1 amide bonds. The van der Waals surface area contributed by atoms with E-state index in [9.17, 15) is 23.1 Å². The number of alkyl halides is 3. The Kier molecular flexibility index (Phi) is 5.75. The Morgan fingerprint density at radius 1 is 1.15 bits per heavy atom. The van der Waals surface area contributed by atoms with Crippen molar-refractivity contribution in [2.24, 2.45) is 17.8 Å². The number of hydrogen-bond donors (Lipinski definition) is 2. The molecule has 144 valence electrons. The fraction of sp³-hybridized carbons (Fsp3) is 0.632. The molecular formula is C19H24F3NO3. The first-order chi connectivity index (χ1) is 12.3. The van der Waals surface area contributed by atoms with Crippen LogP contribution in [0.1, 0.15) is 37.7 Å². The van der Waals surface area contributed by atoms with Crippen molar-refractivity contribution < 1.29 is 27.8 Å². The Bertz CT molecular complexity index is 597. The molecule has 1 unspecified atom stereocenters. The molecule has 3 rings (SSSR count). The second-order valence-electron chi connectivity index (χ2n) is 7.33. The van der Waals surface area contributed by atoms with Crippen LogP contribution in [0.15, 0.2) is 24.3 Å². The molecule has 2 N–H and O–H groups in total. The first kappa shape index (κ1) is 19.0. The second kappa shape index (κ2) is 7.86. The third kappa shape index (κ3) is 5.62. The van der Waals surface area contributed by atoms with E-state index >= 15 is 0 Å². The van der Waals surface area contributed by atoms with Gasteiger partial charge in [0, 0.05) is 13.0 Å². The zero-order valence-corrected chi connectivity index (χ0v) is 14.5. The minimum atomic E-state index is -4.39. The quantitative estimate of drug-likeness (QED) is 0.700. The van der Waals surface area contributed by atoms with Gasteiger partial charge in [-0.25, -0.2) is 0 Å². The summed E-state index contributed by atoms with van der Waals surface area (Å²) < 4.78 is 42.7. The van der Waals surface area contributed by atoms with Crippen molar-refractivity contribution in [2.45, 2.75) is 44.4 Å². The van der Waals surface area contributed by atoms with Crippen LogP contribution in [0, 0.1) is 17.8 Å². The number of benzene rings is 1. The molecule has 4 nitrogen and oxygen atoms in total. The highest BCUT2D eigenvalue weighted by atomic mass is 19.4. The van der Waals surface area contributed by atoms with Gasteiger partial charge in [0.1, 0.15) is 18.5 Å². The Morgan fingerprint density at radius 2 is 1.73 bits per heavy atom. The predicted molar refractivity (Wildman–Crippen MR) is 89.5 cm³/mol. The van der Waals surface area contributed by atoms with Gasteiger partial charge in [-0.1, -0.05) is 0 Å². The zero-order chi connectivity index (χ0) is 18.7. The van der Waals surface area contributed by atoms with E-state index in [1.807, 2.05) is 0 Å². The zero-order valence-electron chi connectivity index (χ0n) is 14.5. The lowest BCUT2D eigenvalue weighted by atomic mass is 9.94. The lowest BCUT2D eigenvalue weighted by Crippen LogP contribution is -2.36. The number of amides is 1. The van der Waals surface area contributed by atoms with E-state index in [-0.39, 0.29) is 24.8 Å². The van der Waals surface area contributed by atoms with Gasteiger partial charge < -0.3 is 15.2 Å². The number of halogens is 3. The van der Waals surface area contributed by atoms with Crippen LogP contribution < -0.4 is 10.1 Å². The van der Waals surface area contributed by atoms with Gasteiger partial charge in [0.25, 0.3) is 0 Å². The molecule has 1 aromatic carbocycles. The molecule has 1 aromatic rings. The second-order valence-corrected chi connectivity index (χ2v) is 7.33. The monoisotopic (exact) mass is 371 g/mol. The van der Waals surface area contributed by atoms with E-state index in [4.69, 9.17) is 4.74 Å². The van der Waals surface area contributed by atoms with Crippen LogP contribution in [0.2, 0.25) is 0 Å². The molecule has 26 heavy (non-hydrogen) atoms. The molecule has 2 fully saturated rings. The third-order valence-electron chi connectivity index (χ3n) is 5.03. The SMILES string of the molecule is O=C(CC(C1CC1)C1CC1)NCC(O)COc1ccc(C(F)(F)F)cc1. The number of carbonyl (C=O) groups is 1. The topological polar surface area (TPSA) is 58.6 Å². The van der Waals surface area contributed by atoms with Crippen LogP contribution in [0.4, 0.5) is 13.2 Å². The molecule has 7 heteroatoms. The van der Waals surface area contributed by atoms with Gasteiger partial charge in [-0.05, 0) is 67.7 Å². The van der Waals surface area contributed by atoms with Crippen molar-refractivity contribution in [1.29, 1.82) is 0 Å². The number of ether oxygens (including phenoxy) is 1. The number of rotatable bonds is 9. The number of aliphatic hydroxyl groups excluding tert-OH is 1. The maximum atomic E-state index is 12.5. The van der Waals surface area contributed by atoms with E-state index in [2.05, 4.69) is 5.32 Å². The summed E-state index contributed by atoms with van der Waals surface area (Å²) in [6.45, 7) is -0.0259. The average Bonchev–Trinajstić information content (AvgIpc) is 3.47. The molecular weight excluding hydrogens is 347 g/mol. The molecule has 0 spiro atoms. The van der Waals surface area contributed by atoms with Gasteiger partial charge in [0.15, 0.2) is 0 Å². The molecule has 2 aliphatic rings. The first-order valence-corrected chi connectivity index (χ1v) is 9.07. The maximum Gasteiger partial charge on any atom is 0.416 e. The Balaban J connectivity index is 1.36. The lowest BCUT2D eigenvalue weighted by molar-refractivity contribution is -0.137. The molecule has 0 heterocycles. The van der Waals surface area contributed by atoms with Crippen LogP contribution >= 0.6 is 0 Å². The van der Waals surface area contributed by atoms with Crippen LogP contribution in [-0.4, -0.2) is 30.3 Å². The molecule has 0 bridgehead atoms. The van der Waals surface area contributed by atoms with Crippen LogP contribution in [-0.2, 0) is 11.0 Å². The van der Waals surface area contributed by atoms with Crippen molar-refractivity contribution in [3.05, 3.63) is 29.8 Å². The highest BCUT2D eigenvalue weighted by Gasteiger charge is 2.42. The highest BCUT2D eigenvalue weighted by Crippen LogP contribution is 2.50. The van der Waals surface area contributed by atoms with Gasteiger partial charge >= 0.3 is 6.18 Å². The van der Waals surface area contributed by atoms with Gasteiger partial charge in [0.2, 0.25) is 5.91 Å². The average molecular weight is 371 g/mol. The van der Waals surface area contributed by atoms with Crippen LogP contribution in [0.3, 0.4) is 0 Å². The normalized spacial score (nSPS) is 18.7. The van der Waals surface area contributed by atoms with Gasteiger partial charge in [0.05, 0.1) is 5.56 Å². The van der Waals surface area contributed by atoms with Crippen molar-refractivity contribution >= 4 is 5.91 Å². The third-order valence-corrected chi connectivity index (χ3v) is 5.03. The Hall–Kier alpha value is -1.76. The molecule has 1 atom stereocenters. The minimum Gasteiger partial charge on any atom is -0.491 e. The summed E-state index contributed by atoms with van der Waals surface area (Å²) in [7, 11) is 0.